The molecule has 1 aliphatic heterocycles. The number of rotatable bonds is 3. The normalized spacial score (nSPS) is 20.4. The van der Waals surface area contributed by atoms with E-state index in [9.17, 15) is 9.90 Å². The maximum Gasteiger partial charge on any atom is 0.333 e. The van der Waals surface area contributed by atoms with Crippen LogP contribution in [0.5, 0.6) is 0 Å². The Labute approximate surface area is 121 Å². The van der Waals surface area contributed by atoms with E-state index in [1.165, 1.54) is 6.92 Å². The Morgan fingerprint density at radius 3 is 2.85 bits per heavy atom. The number of hydrogen-bond donors (Lipinski definition) is 2. The van der Waals surface area contributed by atoms with Gasteiger partial charge in [0.1, 0.15) is 0 Å². The molecule has 2 rings (SSSR count). The molecule has 1 aliphatic rings. The van der Waals surface area contributed by atoms with Crippen molar-refractivity contribution >= 4 is 28.6 Å². The zero-order valence-electron chi connectivity index (χ0n) is 11.2. The third kappa shape index (κ3) is 2.84. The number of nitrogens with zero attached hydrogens (tertiary/aromatic N) is 1. The third-order valence-electron chi connectivity index (χ3n) is 2.98. The molecule has 0 radical (unpaired) electrons. The van der Waals surface area contributed by atoms with Crippen molar-refractivity contribution in [3.05, 3.63) is 41.0 Å². The number of carboxylic acid groups (broad SMARTS) is 1. The van der Waals surface area contributed by atoms with Crippen LogP contribution in [0.2, 0.25) is 0 Å². The molecule has 1 aromatic rings. The Morgan fingerprint density at radius 1 is 1.50 bits per heavy atom. The standard InChI is InChI=1S/C14H15ClN2O3/c1-3-20-12-10-7-5-4-6-9(10)11(8(2)13(18)19)16-14(15)17-12/h4-7,12H,3H2,1-2H3,(H,16,17)(H,18,19)/b11-8-/t12-/m0/s1. The SMILES string of the molecule is CCO[C@@H]1N=C(Cl)N/C(=C(/C)C(=O)O)c2ccccc21. The van der Waals surface area contributed by atoms with E-state index in [0.717, 1.165) is 11.1 Å². The molecule has 2 N–H and O–H groups in total. The second-order valence-corrected chi connectivity index (χ2v) is 4.60. The molecule has 0 saturated carbocycles. The summed E-state index contributed by atoms with van der Waals surface area (Å²) in [4.78, 5) is 15.4. The lowest BCUT2D eigenvalue weighted by molar-refractivity contribution is -0.132. The quantitative estimate of drug-likeness (QED) is 0.664. The molecule has 0 fully saturated rings. The van der Waals surface area contributed by atoms with Gasteiger partial charge in [-0.2, -0.15) is 0 Å². The minimum atomic E-state index is -1.01. The molecule has 5 nitrogen and oxygen atoms in total. The van der Waals surface area contributed by atoms with Gasteiger partial charge in [-0.15, -0.1) is 0 Å². The Morgan fingerprint density at radius 2 is 2.20 bits per heavy atom. The highest BCUT2D eigenvalue weighted by Gasteiger charge is 2.24. The Hall–Kier alpha value is -1.85. The van der Waals surface area contributed by atoms with Crippen LogP contribution >= 0.6 is 11.6 Å². The van der Waals surface area contributed by atoms with Gasteiger partial charge in [-0.3, -0.25) is 0 Å². The lowest BCUT2D eigenvalue weighted by Crippen LogP contribution is -2.19. The number of carboxylic acids is 1. The summed E-state index contributed by atoms with van der Waals surface area (Å²) in [6.45, 7) is 3.86. The first-order valence-corrected chi connectivity index (χ1v) is 6.57. The maximum atomic E-state index is 11.2. The lowest BCUT2D eigenvalue weighted by atomic mass is 10.0. The van der Waals surface area contributed by atoms with Crippen molar-refractivity contribution in [3.8, 4) is 0 Å². The van der Waals surface area contributed by atoms with E-state index < -0.39 is 12.2 Å². The molecule has 106 valence electrons. The minimum Gasteiger partial charge on any atom is -0.478 e. The zero-order valence-corrected chi connectivity index (χ0v) is 11.9. The number of halogens is 1. The average Bonchev–Trinajstić information content (AvgIpc) is 2.56. The molecule has 1 atom stereocenters. The summed E-state index contributed by atoms with van der Waals surface area (Å²) in [7, 11) is 0. The number of aliphatic carboxylic acids is 1. The summed E-state index contributed by atoms with van der Waals surface area (Å²) < 4.78 is 5.57. The fraction of sp³-hybridized carbons (Fsp3) is 0.286. The molecule has 0 bridgehead atoms. The van der Waals surface area contributed by atoms with Gasteiger partial charge in [-0.1, -0.05) is 24.3 Å². The highest BCUT2D eigenvalue weighted by Crippen LogP contribution is 2.31. The van der Waals surface area contributed by atoms with Gasteiger partial charge in [0.15, 0.2) is 11.5 Å². The van der Waals surface area contributed by atoms with Gasteiger partial charge < -0.3 is 15.2 Å². The van der Waals surface area contributed by atoms with Crippen LogP contribution in [0.1, 0.15) is 31.2 Å². The van der Waals surface area contributed by atoms with E-state index in [0.29, 0.717) is 12.3 Å². The van der Waals surface area contributed by atoms with Crippen molar-refractivity contribution in [3.63, 3.8) is 0 Å². The van der Waals surface area contributed by atoms with Crippen LogP contribution in [0.3, 0.4) is 0 Å². The largest absolute Gasteiger partial charge is 0.478 e. The molecule has 20 heavy (non-hydrogen) atoms. The number of nitrogens with one attached hydrogen (secondary N) is 1. The number of amidine groups is 1. The second-order valence-electron chi connectivity index (χ2n) is 4.25. The van der Waals surface area contributed by atoms with Crippen LogP contribution in [0, 0.1) is 0 Å². The number of benzene rings is 1. The molecule has 0 spiro atoms. The van der Waals surface area contributed by atoms with Crippen LogP contribution in [-0.2, 0) is 9.53 Å². The fourth-order valence-electron chi connectivity index (χ4n) is 2.00. The molecule has 0 unspecified atom stereocenters. The highest BCUT2D eigenvalue weighted by molar-refractivity contribution is 6.65. The monoisotopic (exact) mass is 294 g/mol. The second kappa shape index (κ2) is 6.07. The summed E-state index contributed by atoms with van der Waals surface area (Å²) in [5.74, 6) is -1.01. The third-order valence-corrected chi connectivity index (χ3v) is 3.17. The van der Waals surface area contributed by atoms with Crippen molar-refractivity contribution < 1.29 is 14.6 Å². The van der Waals surface area contributed by atoms with E-state index in [4.69, 9.17) is 16.3 Å². The van der Waals surface area contributed by atoms with E-state index in [-0.39, 0.29) is 10.9 Å². The summed E-state index contributed by atoms with van der Waals surface area (Å²) in [6, 6.07) is 7.36. The van der Waals surface area contributed by atoms with Gasteiger partial charge in [0.25, 0.3) is 0 Å². The Balaban J connectivity index is 2.64. The van der Waals surface area contributed by atoms with Gasteiger partial charge in [0.05, 0.1) is 11.3 Å². The van der Waals surface area contributed by atoms with Crippen LogP contribution < -0.4 is 5.32 Å². The van der Waals surface area contributed by atoms with Crippen molar-refractivity contribution in [1.82, 2.24) is 5.32 Å². The smallest absolute Gasteiger partial charge is 0.333 e. The fourth-order valence-corrected chi connectivity index (χ4v) is 2.19. The lowest BCUT2D eigenvalue weighted by Gasteiger charge is -2.15. The van der Waals surface area contributed by atoms with Gasteiger partial charge in [-0.25, -0.2) is 9.79 Å². The number of ether oxygens (including phenoxy) is 1. The first kappa shape index (κ1) is 14.6. The number of aliphatic imine (C=N–C) groups is 1. The van der Waals surface area contributed by atoms with Crippen LogP contribution in [0.15, 0.2) is 34.8 Å². The van der Waals surface area contributed by atoms with Crippen LogP contribution in [-0.4, -0.2) is 23.0 Å². The number of hydrogen-bond acceptors (Lipinski definition) is 4. The van der Waals surface area contributed by atoms with E-state index >= 15 is 0 Å². The number of fused-ring (bicyclic) bond motifs is 1. The summed E-state index contributed by atoms with van der Waals surface area (Å²) in [5.41, 5.74) is 2.12. The molecule has 0 saturated heterocycles. The van der Waals surface area contributed by atoms with E-state index in [1.54, 1.807) is 0 Å². The van der Waals surface area contributed by atoms with Crippen LogP contribution in [0.25, 0.3) is 5.70 Å². The molecule has 1 heterocycles. The molecule has 0 aliphatic carbocycles. The van der Waals surface area contributed by atoms with Gasteiger partial charge in [0.2, 0.25) is 0 Å². The molecular formula is C14H15ClN2O3. The summed E-state index contributed by atoms with van der Waals surface area (Å²) in [5, 5.41) is 12.1. The first-order valence-electron chi connectivity index (χ1n) is 6.20. The maximum absolute atomic E-state index is 11.2. The van der Waals surface area contributed by atoms with Gasteiger partial charge in [-0.05, 0) is 25.4 Å². The number of carbonyl (C=O) groups is 1. The van der Waals surface area contributed by atoms with Crippen molar-refractivity contribution in [1.29, 1.82) is 0 Å². The molecule has 0 aromatic heterocycles. The zero-order chi connectivity index (χ0) is 14.7. The van der Waals surface area contributed by atoms with Gasteiger partial charge in [0, 0.05) is 17.7 Å². The predicted octanol–water partition coefficient (Wildman–Crippen LogP) is 2.74. The first-order chi connectivity index (χ1) is 9.54. The van der Waals surface area contributed by atoms with E-state index in [2.05, 4.69) is 10.3 Å². The molecule has 6 heteroatoms. The average molecular weight is 295 g/mol. The molecule has 0 amide bonds. The van der Waals surface area contributed by atoms with Gasteiger partial charge >= 0.3 is 5.97 Å². The van der Waals surface area contributed by atoms with Crippen LogP contribution in [0.4, 0.5) is 0 Å². The van der Waals surface area contributed by atoms with Crippen molar-refractivity contribution in [2.75, 3.05) is 6.61 Å². The summed E-state index contributed by atoms with van der Waals surface area (Å²) >= 11 is 6.02. The minimum absolute atomic E-state index is 0.107. The van der Waals surface area contributed by atoms with E-state index in [1.807, 2.05) is 31.2 Å². The summed E-state index contributed by atoms with van der Waals surface area (Å²) in [6.07, 6.45) is -0.546. The highest BCUT2D eigenvalue weighted by atomic mass is 35.5. The van der Waals surface area contributed by atoms with Crippen molar-refractivity contribution in [2.45, 2.75) is 20.1 Å². The Kier molecular flexibility index (Phi) is 4.42. The van der Waals surface area contributed by atoms with Crippen molar-refractivity contribution in [2.24, 2.45) is 4.99 Å². The topological polar surface area (TPSA) is 70.9 Å². The molecular weight excluding hydrogens is 280 g/mol. The Bertz CT molecular complexity index is 596. The predicted molar refractivity (Wildman–Crippen MR) is 77.5 cm³/mol. The molecule has 1 aromatic carbocycles.